The van der Waals surface area contributed by atoms with Gasteiger partial charge in [-0.2, -0.15) is 0 Å². The average molecular weight is 250 g/mol. The minimum absolute atomic E-state index is 0.0350. The van der Waals surface area contributed by atoms with Gasteiger partial charge in [0.15, 0.2) is 5.78 Å². The highest BCUT2D eigenvalue weighted by Crippen LogP contribution is 2.65. The third-order valence-corrected chi connectivity index (χ3v) is 5.50. The third kappa shape index (κ3) is 1.49. The van der Waals surface area contributed by atoms with Gasteiger partial charge in [0.2, 0.25) is 0 Å². The number of carbonyl (C=O) groups excluding carboxylic acids is 1. The summed E-state index contributed by atoms with van der Waals surface area (Å²) in [4.78, 5) is 23.6. The van der Waals surface area contributed by atoms with Gasteiger partial charge in [-0.3, -0.25) is 9.59 Å². The molecule has 0 aromatic heterocycles. The summed E-state index contributed by atoms with van der Waals surface area (Å²) in [6.07, 6.45) is 4.21. The second-order valence-electron chi connectivity index (χ2n) is 6.45. The maximum absolute atomic E-state index is 12.5. The number of carboxylic acids is 1. The number of carbonyl (C=O) groups is 2. The molecule has 0 radical (unpaired) electrons. The fourth-order valence-electron chi connectivity index (χ4n) is 3.70. The van der Waals surface area contributed by atoms with Crippen LogP contribution in [0, 0.1) is 22.7 Å². The van der Waals surface area contributed by atoms with Crippen LogP contribution in [0.5, 0.6) is 0 Å². The summed E-state index contributed by atoms with van der Waals surface area (Å²) in [6.45, 7) is 8.18. The fraction of sp³-hybridized carbons (Fsp3) is 0.733. The number of rotatable bonds is 3. The van der Waals surface area contributed by atoms with Gasteiger partial charge in [0.25, 0.3) is 0 Å². The summed E-state index contributed by atoms with van der Waals surface area (Å²) < 4.78 is 0. The highest BCUT2D eigenvalue weighted by molar-refractivity contribution is 6.05. The van der Waals surface area contributed by atoms with E-state index in [-0.39, 0.29) is 22.5 Å². The lowest BCUT2D eigenvalue weighted by Gasteiger charge is -2.31. The molecule has 100 valence electrons. The Bertz CT molecular complexity index is 433. The summed E-state index contributed by atoms with van der Waals surface area (Å²) in [5.41, 5.74) is 0.454. The molecule has 2 aliphatic rings. The quantitative estimate of drug-likeness (QED) is 0.783. The molecular formula is C15H22O3. The van der Waals surface area contributed by atoms with E-state index < -0.39 is 11.9 Å². The van der Waals surface area contributed by atoms with Crippen molar-refractivity contribution in [3.63, 3.8) is 0 Å². The lowest BCUT2D eigenvalue weighted by Crippen LogP contribution is -2.32. The molecule has 2 saturated carbocycles. The fourth-order valence-corrected chi connectivity index (χ4v) is 3.70. The lowest BCUT2D eigenvalue weighted by atomic mass is 9.70. The summed E-state index contributed by atoms with van der Waals surface area (Å²) in [5, 5.41) is 9.13. The molecule has 0 aromatic rings. The van der Waals surface area contributed by atoms with Crippen LogP contribution in [0.15, 0.2) is 11.6 Å². The smallest absolute Gasteiger partial charge is 0.310 e. The van der Waals surface area contributed by atoms with E-state index in [4.69, 9.17) is 5.11 Å². The topological polar surface area (TPSA) is 54.4 Å². The Morgan fingerprint density at radius 2 is 2.11 bits per heavy atom. The van der Waals surface area contributed by atoms with E-state index in [0.29, 0.717) is 6.42 Å². The van der Waals surface area contributed by atoms with Gasteiger partial charge in [-0.05, 0) is 36.2 Å². The van der Waals surface area contributed by atoms with E-state index in [0.717, 1.165) is 18.4 Å². The maximum atomic E-state index is 12.5. The number of fused-ring (bicyclic) bond motifs is 2. The van der Waals surface area contributed by atoms with Gasteiger partial charge in [-0.1, -0.05) is 33.8 Å². The lowest BCUT2D eigenvalue weighted by molar-refractivity contribution is -0.140. The molecule has 3 nitrogen and oxygen atoms in total. The number of ketones is 1. The molecule has 2 aliphatic carbocycles. The second kappa shape index (κ2) is 3.94. The normalized spacial score (nSPS) is 37.2. The van der Waals surface area contributed by atoms with E-state index in [1.54, 1.807) is 6.08 Å². The van der Waals surface area contributed by atoms with E-state index in [1.807, 2.05) is 13.8 Å². The predicted molar refractivity (Wildman–Crippen MR) is 69.1 cm³/mol. The first-order chi connectivity index (χ1) is 8.25. The number of carboxylic acid groups (broad SMARTS) is 1. The second-order valence-corrected chi connectivity index (χ2v) is 6.45. The summed E-state index contributed by atoms with van der Waals surface area (Å²) in [6, 6.07) is 0. The zero-order valence-electron chi connectivity index (χ0n) is 11.6. The van der Waals surface area contributed by atoms with E-state index in [2.05, 4.69) is 13.8 Å². The van der Waals surface area contributed by atoms with Crippen LogP contribution in [0.25, 0.3) is 0 Å². The van der Waals surface area contributed by atoms with Crippen LogP contribution in [0.3, 0.4) is 0 Å². The average Bonchev–Trinajstić information content (AvgIpc) is 2.59. The van der Waals surface area contributed by atoms with Crippen LogP contribution in [-0.2, 0) is 9.59 Å². The van der Waals surface area contributed by atoms with Crippen molar-refractivity contribution in [3.05, 3.63) is 11.6 Å². The van der Waals surface area contributed by atoms with Crippen molar-refractivity contribution in [2.45, 2.75) is 47.0 Å². The first-order valence-corrected chi connectivity index (χ1v) is 6.75. The Balaban J connectivity index is 2.41. The Hall–Kier alpha value is -1.12. The molecule has 18 heavy (non-hydrogen) atoms. The summed E-state index contributed by atoms with van der Waals surface area (Å²) >= 11 is 0. The molecule has 0 spiro atoms. The number of Topliss-reactive ketones (excluding diaryl/α,β-unsaturated/α-hetero) is 1. The Kier molecular flexibility index (Phi) is 2.91. The standard InChI is InChI=1S/C15H22O3/c1-5-9(13(17)18)8-10-11-6-7-15(4,12(10)16)14(11,2)3/h8-9,11H,5-7H2,1-4H3,(H,17,18)/b10-8+/t9-,11+,15+/m0/s1. The molecule has 0 unspecified atom stereocenters. The molecule has 0 saturated heterocycles. The molecule has 0 aliphatic heterocycles. The van der Waals surface area contributed by atoms with Crippen molar-refractivity contribution in [2.24, 2.45) is 22.7 Å². The van der Waals surface area contributed by atoms with Gasteiger partial charge in [0.05, 0.1) is 5.92 Å². The molecule has 1 N–H and O–H groups in total. The molecule has 0 aromatic carbocycles. The molecule has 0 amide bonds. The van der Waals surface area contributed by atoms with Gasteiger partial charge in [0, 0.05) is 5.41 Å². The molecule has 3 heteroatoms. The van der Waals surface area contributed by atoms with Gasteiger partial charge in [-0.15, -0.1) is 0 Å². The van der Waals surface area contributed by atoms with Gasteiger partial charge >= 0.3 is 5.97 Å². The Morgan fingerprint density at radius 3 is 2.50 bits per heavy atom. The first-order valence-electron chi connectivity index (χ1n) is 6.75. The Labute approximate surface area is 108 Å². The highest BCUT2D eigenvalue weighted by Gasteiger charge is 2.63. The third-order valence-electron chi connectivity index (χ3n) is 5.50. The van der Waals surface area contributed by atoms with Crippen molar-refractivity contribution in [1.29, 1.82) is 0 Å². The minimum atomic E-state index is -0.830. The SMILES string of the molecule is CC[C@@H](/C=C1/C(=O)[C@@]2(C)CC[C@H]1C2(C)C)C(=O)O. The van der Waals surface area contributed by atoms with Crippen molar-refractivity contribution in [1.82, 2.24) is 0 Å². The first kappa shape index (κ1) is 13.3. The van der Waals surface area contributed by atoms with Crippen LogP contribution < -0.4 is 0 Å². The number of aliphatic carboxylic acids is 1. The van der Waals surface area contributed by atoms with Crippen molar-refractivity contribution < 1.29 is 14.7 Å². The van der Waals surface area contributed by atoms with Crippen molar-refractivity contribution >= 4 is 11.8 Å². The zero-order valence-corrected chi connectivity index (χ0v) is 11.6. The van der Waals surface area contributed by atoms with Crippen LogP contribution in [-0.4, -0.2) is 16.9 Å². The van der Waals surface area contributed by atoms with Crippen LogP contribution in [0.4, 0.5) is 0 Å². The van der Waals surface area contributed by atoms with E-state index in [9.17, 15) is 9.59 Å². The Morgan fingerprint density at radius 1 is 1.50 bits per heavy atom. The van der Waals surface area contributed by atoms with E-state index >= 15 is 0 Å². The molecule has 2 fully saturated rings. The predicted octanol–water partition coefficient (Wildman–Crippen LogP) is 3.05. The van der Waals surface area contributed by atoms with Crippen LogP contribution >= 0.6 is 0 Å². The largest absolute Gasteiger partial charge is 0.481 e. The van der Waals surface area contributed by atoms with Crippen LogP contribution in [0.2, 0.25) is 0 Å². The number of hydrogen-bond donors (Lipinski definition) is 1. The summed E-state index contributed by atoms with van der Waals surface area (Å²) in [7, 11) is 0. The van der Waals surface area contributed by atoms with Crippen molar-refractivity contribution in [3.8, 4) is 0 Å². The molecule has 2 rings (SSSR count). The van der Waals surface area contributed by atoms with Crippen LogP contribution in [0.1, 0.15) is 47.0 Å². The molecule has 3 atom stereocenters. The monoisotopic (exact) mass is 250 g/mol. The minimum Gasteiger partial charge on any atom is -0.481 e. The van der Waals surface area contributed by atoms with Crippen molar-refractivity contribution in [2.75, 3.05) is 0 Å². The molecule has 0 heterocycles. The highest BCUT2D eigenvalue weighted by atomic mass is 16.4. The molecule has 2 bridgehead atoms. The number of allylic oxidation sites excluding steroid dienone is 1. The zero-order chi connectivity index (χ0) is 13.7. The summed E-state index contributed by atoms with van der Waals surface area (Å²) in [5.74, 6) is -0.932. The molecular weight excluding hydrogens is 228 g/mol. The maximum Gasteiger partial charge on any atom is 0.310 e. The van der Waals surface area contributed by atoms with E-state index in [1.165, 1.54) is 0 Å². The number of hydrogen-bond acceptors (Lipinski definition) is 2. The van der Waals surface area contributed by atoms with Gasteiger partial charge in [-0.25, -0.2) is 0 Å². The van der Waals surface area contributed by atoms with Gasteiger partial charge < -0.3 is 5.11 Å². The van der Waals surface area contributed by atoms with Gasteiger partial charge in [0.1, 0.15) is 0 Å².